The Hall–Kier alpha value is -2.62. The molecule has 4 rings (SSSR count). The molecule has 1 amide bonds. The molecule has 0 spiro atoms. The van der Waals surface area contributed by atoms with E-state index < -0.39 is 10.0 Å². The average molecular weight is 489 g/mol. The van der Waals surface area contributed by atoms with Gasteiger partial charge in [0.05, 0.1) is 26.5 Å². The molecule has 1 aliphatic heterocycles. The van der Waals surface area contributed by atoms with Crippen LogP contribution in [0.1, 0.15) is 46.7 Å². The first-order valence-corrected chi connectivity index (χ1v) is 13.3. The van der Waals surface area contributed by atoms with Crippen molar-refractivity contribution in [2.75, 3.05) is 20.2 Å². The molecule has 176 valence electrons. The fraction of sp³-hybridized carbons (Fsp3) is 0.375. The van der Waals surface area contributed by atoms with Crippen LogP contribution in [-0.4, -0.2) is 43.7 Å². The van der Waals surface area contributed by atoms with Crippen LogP contribution in [0, 0.1) is 0 Å². The molecule has 1 aromatic carbocycles. The lowest BCUT2D eigenvalue weighted by Gasteiger charge is -2.24. The second kappa shape index (κ2) is 10.5. The number of methoxy groups -OCH3 is 1. The fourth-order valence-electron chi connectivity index (χ4n) is 4.00. The molecule has 2 aromatic heterocycles. The molecule has 9 heteroatoms. The van der Waals surface area contributed by atoms with Gasteiger partial charge in [0.25, 0.3) is 5.91 Å². The molecule has 3 heterocycles. The molecule has 0 radical (unpaired) electrons. The average Bonchev–Trinajstić information content (AvgIpc) is 3.46. The number of carbonyl (C=O) groups excluding carboxylic acids is 1. The summed E-state index contributed by atoms with van der Waals surface area (Å²) in [6.45, 7) is 1.64. The zero-order valence-corrected chi connectivity index (χ0v) is 20.2. The van der Waals surface area contributed by atoms with Crippen LogP contribution in [0.5, 0.6) is 5.75 Å². The monoisotopic (exact) mass is 488 g/mol. The van der Waals surface area contributed by atoms with Gasteiger partial charge in [-0.2, -0.15) is 4.31 Å². The molecule has 0 unspecified atom stereocenters. The van der Waals surface area contributed by atoms with Crippen LogP contribution < -0.4 is 4.74 Å². The van der Waals surface area contributed by atoms with E-state index in [1.54, 1.807) is 40.7 Å². The van der Waals surface area contributed by atoms with Crippen LogP contribution in [0.15, 0.2) is 63.4 Å². The topological polar surface area (TPSA) is 80.1 Å². The van der Waals surface area contributed by atoms with Crippen molar-refractivity contribution in [1.82, 2.24) is 9.21 Å². The standard InChI is InChI=1S/C24H28N2O5S2/c1-30-22-11-10-19(16-23(22)33(28,29)26-12-4-2-3-5-13-26)24(27)25(17-20-8-6-14-31-20)18-21-9-7-15-32-21/h6-11,14-16H,2-5,12-13,17-18H2,1H3. The van der Waals surface area contributed by atoms with Gasteiger partial charge in [0.1, 0.15) is 16.4 Å². The second-order valence-corrected chi connectivity index (χ2v) is 10.9. The number of benzene rings is 1. The minimum absolute atomic E-state index is 0.0341. The highest BCUT2D eigenvalue weighted by Crippen LogP contribution is 2.30. The number of carbonyl (C=O) groups is 1. The molecular formula is C24H28N2O5S2. The van der Waals surface area contributed by atoms with Gasteiger partial charge in [-0.05, 0) is 54.6 Å². The molecule has 0 N–H and O–H groups in total. The number of hydrogen-bond acceptors (Lipinski definition) is 6. The second-order valence-electron chi connectivity index (χ2n) is 8.00. The Balaban J connectivity index is 1.67. The van der Waals surface area contributed by atoms with E-state index in [-0.39, 0.29) is 23.1 Å². The predicted octanol–water partition coefficient (Wildman–Crippen LogP) is 4.76. The fourth-order valence-corrected chi connectivity index (χ4v) is 6.41. The van der Waals surface area contributed by atoms with Gasteiger partial charge in [-0.3, -0.25) is 4.79 Å². The lowest BCUT2D eigenvalue weighted by Crippen LogP contribution is -2.33. The maximum Gasteiger partial charge on any atom is 0.254 e. The maximum absolute atomic E-state index is 13.5. The van der Waals surface area contributed by atoms with Crippen LogP contribution in [0.2, 0.25) is 0 Å². The first kappa shape index (κ1) is 23.5. The van der Waals surface area contributed by atoms with Gasteiger partial charge in [0.2, 0.25) is 10.0 Å². The summed E-state index contributed by atoms with van der Waals surface area (Å²) in [6.07, 6.45) is 5.27. The van der Waals surface area contributed by atoms with Crippen LogP contribution in [-0.2, 0) is 23.1 Å². The highest BCUT2D eigenvalue weighted by Gasteiger charge is 2.30. The highest BCUT2D eigenvalue weighted by molar-refractivity contribution is 7.89. The summed E-state index contributed by atoms with van der Waals surface area (Å²) in [7, 11) is -2.35. The summed E-state index contributed by atoms with van der Waals surface area (Å²) in [5, 5.41) is 1.96. The van der Waals surface area contributed by atoms with E-state index in [1.807, 2.05) is 23.6 Å². The van der Waals surface area contributed by atoms with Gasteiger partial charge in [-0.1, -0.05) is 18.9 Å². The summed E-state index contributed by atoms with van der Waals surface area (Å²) in [5.74, 6) is 0.632. The lowest BCUT2D eigenvalue weighted by atomic mass is 10.1. The van der Waals surface area contributed by atoms with Crippen molar-refractivity contribution in [2.24, 2.45) is 0 Å². The first-order chi connectivity index (χ1) is 16.0. The van der Waals surface area contributed by atoms with E-state index in [2.05, 4.69) is 0 Å². The van der Waals surface area contributed by atoms with Gasteiger partial charge in [0, 0.05) is 23.5 Å². The molecule has 7 nitrogen and oxygen atoms in total. The molecule has 1 aliphatic rings. The summed E-state index contributed by atoms with van der Waals surface area (Å²) >= 11 is 1.56. The van der Waals surface area contributed by atoms with Gasteiger partial charge < -0.3 is 14.1 Å². The molecule has 1 saturated heterocycles. The molecule has 3 aromatic rings. The quantitative estimate of drug-likeness (QED) is 0.457. The summed E-state index contributed by atoms with van der Waals surface area (Å²) in [6, 6.07) is 12.1. The minimum Gasteiger partial charge on any atom is -0.495 e. The van der Waals surface area contributed by atoms with Gasteiger partial charge in [0.15, 0.2) is 0 Å². The third-order valence-electron chi connectivity index (χ3n) is 5.73. The Morgan fingerprint density at radius 3 is 2.52 bits per heavy atom. The van der Waals surface area contributed by atoms with E-state index >= 15 is 0 Å². The maximum atomic E-state index is 13.5. The Labute approximate surface area is 198 Å². The molecule has 0 aliphatic carbocycles. The third kappa shape index (κ3) is 5.48. The van der Waals surface area contributed by atoms with Crippen LogP contribution in [0.3, 0.4) is 0 Å². The van der Waals surface area contributed by atoms with Crippen molar-refractivity contribution in [3.05, 3.63) is 70.3 Å². The van der Waals surface area contributed by atoms with Crippen molar-refractivity contribution in [3.8, 4) is 5.75 Å². The zero-order valence-electron chi connectivity index (χ0n) is 18.6. The minimum atomic E-state index is -3.79. The molecule has 33 heavy (non-hydrogen) atoms. The molecular weight excluding hydrogens is 460 g/mol. The largest absolute Gasteiger partial charge is 0.495 e. The smallest absolute Gasteiger partial charge is 0.254 e. The molecule has 0 saturated carbocycles. The van der Waals surface area contributed by atoms with Crippen molar-refractivity contribution in [1.29, 1.82) is 0 Å². The lowest BCUT2D eigenvalue weighted by molar-refractivity contribution is 0.0719. The SMILES string of the molecule is COc1ccc(C(=O)N(Cc2ccco2)Cc2cccs2)cc1S(=O)(=O)N1CCCCCC1. The number of rotatable bonds is 8. The Morgan fingerprint density at radius 1 is 1.09 bits per heavy atom. The summed E-state index contributed by atoms with van der Waals surface area (Å²) < 4.78 is 39.3. The predicted molar refractivity (Wildman–Crippen MR) is 127 cm³/mol. The van der Waals surface area contributed by atoms with Crippen molar-refractivity contribution in [3.63, 3.8) is 0 Å². The van der Waals surface area contributed by atoms with Gasteiger partial charge >= 0.3 is 0 Å². The first-order valence-electron chi connectivity index (χ1n) is 11.0. The van der Waals surface area contributed by atoms with Gasteiger partial charge in [-0.15, -0.1) is 11.3 Å². The summed E-state index contributed by atoms with van der Waals surface area (Å²) in [5.41, 5.74) is 0.298. The van der Waals surface area contributed by atoms with Crippen LogP contribution in [0.4, 0.5) is 0 Å². The van der Waals surface area contributed by atoms with Gasteiger partial charge in [-0.25, -0.2) is 8.42 Å². The van der Waals surface area contributed by atoms with Crippen molar-refractivity contribution >= 4 is 27.3 Å². The number of ether oxygens (including phenoxy) is 1. The molecule has 0 atom stereocenters. The van der Waals surface area contributed by atoms with E-state index in [0.29, 0.717) is 31.0 Å². The van der Waals surface area contributed by atoms with Crippen molar-refractivity contribution in [2.45, 2.75) is 43.7 Å². The van der Waals surface area contributed by atoms with Crippen LogP contribution >= 0.6 is 11.3 Å². The Kier molecular flexibility index (Phi) is 7.52. The summed E-state index contributed by atoms with van der Waals surface area (Å²) in [4.78, 5) is 16.3. The third-order valence-corrected chi connectivity index (χ3v) is 8.52. The Bertz CT molecular complexity index is 1110. The Morgan fingerprint density at radius 2 is 1.88 bits per heavy atom. The van der Waals surface area contributed by atoms with E-state index in [9.17, 15) is 13.2 Å². The molecule has 1 fully saturated rings. The number of furan rings is 1. The normalized spacial score (nSPS) is 15.2. The number of hydrogen-bond donors (Lipinski definition) is 0. The van der Waals surface area contributed by atoms with E-state index in [1.165, 1.54) is 17.5 Å². The molecule has 0 bridgehead atoms. The number of amides is 1. The van der Waals surface area contributed by atoms with E-state index in [0.717, 1.165) is 30.6 Å². The number of nitrogens with zero attached hydrogens (tertiary/aromatic N) is 2. The van der Waals surface area contributed by atoms with E-state index in [4.69, 9.17) is 9.15 Å². The zero-order chi connectivity index (χ0) is 23.3. The number of thiophene rings is 1. The highest BCUT2D eigenvalue weighted by atomic mass is 32.2. The van der Waals surface area contributed by atoms with Crippen LogP contribution in [0.25, 0.3) is 0 Å². The number of sulfonamides is 1. The van der Waals surface area contributed by atoms with Crippen molar-refractivity contribution < 1.29 is 22.4 Å².